The van der Waals surface area contributed by atoms with Crippen molar-refractivity contribution in [2.24, 2.45) is 5.92 Å². The molecule has 0 amide bonds. The zero-order valence-electron chi connectivity index (χ0n) is 9.31. The third-order valence-corrected chi connectivity index (χ3v) is 3.47. The molecule has 0 aliphatic heterocycles. The molecule has 1 fully saturated rings. The Labute approximate surface area is 101 Å². The lowest BCUT2D eigenvalue weighted by Crippen LogP contribution is -2.21. The summed E-state index contributed by atoms with van der Waals surface area (Å²) in [6, 6.07) is 4.70. The largest absolute Gasteiger partial charge is 0.312 e. The van der Waals surface area contributed by atoms with Gasteiger partial charge in [0.2, 0.25) is 0 Å². The van der Waals surface area contributed by atoms with Gasteiger partial charge in [-0.2, -0.15) is 0 Å². The maximum Gasteiger partial charge on any atom is 0.127 e. The highest BCUT2D eigenvalue weighted by Gasteiger charge is 2.14. The van der Waals surface area contributed by atoms with Gasteiger partial charge in [-0.05, 0) is 43.5 Å². The van der Waals surface area contributed by atoms with Crippen molar-refractivity contribution in [1.29, 1.82) is 0 Å². The van der Waals surface area contributed by atoms with E-state index in [2.05, 4.69) is 5.32 Å². The number of benzene rings is 1. The molecule has 0 unspecified atom stereocenters. The second-order valence-corrected chi connectivity index (χ2v) is 4.95. The molecular formula is C13H17ClFN. The minimum atomic E-state index is -0.177. The first kappa shape index (κ1) is 11.9. The minimum Gasteiger partial charge on any atom is -0.312 e. The van der Waals surface area contributed by atoms with Crippen LogP contribution >= 0.6 is 11.6 Å². The van der Waals surface area contributed by atoms with Gasteiger partial charge in [-0.1, -0.05) is 24.4 Å². The van der Waals surface area contributed by atoms with E-state index in [1.165, 1.54) is 31.7 Å². The van der Waals surface area contributed by atoms with Crippen molar-refractivity contribution in [3.05, 3.63) is 34.6 Å². The number of rotatable bonds is 4. The average molecular weight is 242 g/mol. The van der Waals surface area contributed by atoms with Crippen LogP contribution in [-0.2, 0) is 6.54 Å². The number of hydrogen-bond donors (Lipinski definition) is 1. The summed E-state index contributed by atoms with van der Waals surface area (Å²) >= 11 is 5.83. The van der Waals surface area contributed by atoms with Crippen molar-refractivity contribution in [3.8, 4) is 0 Å². The quantitative estimate of drug-likeness (QED) is 0.847. The second-order valence-electron chi connectivity index (χ2n) is 4.52. The van der Waals surface area contributed by atoms with E-state index in [9.17, 15) is 4.39 Å². The molecule has 1 aliphatic carbocycles. The summed E-state index contributed by atoms with van der Waals surface area (Å²) < 4.78 is 13.4. The molecule has 88 valence electrons. The predicted molar refractivity (Wildman–Crippen MR) is 65.1 cm³/mol. The Bertz CT molecular complexity index is 348. The summed E-state index contributed by atoms with van der Waals surface area (Å²) in [5, 5.41) is 3.91. The fourth-order valence-electron chi connectivity index (χ4n) is 2.30. The molecule has 0 atom stereocenters. The molecule has 0 saturated heterocycles. The highest BCUT2D eigenvalue weighted by Crippen LogP contribution is 2.24. The summed E-state index contributed by atoms with van der Waals surface area (Å²) in [6.07, 6.45) is 5.31. The molecule has 1 aromatic rings. The maximum absolute atomic E-state index is 13.4. The molecule has 2 rings (SSSR count). The van der Waals surface area contributed by atoms with Crippen molar-refractivity contribution in [3.63, 3.8) is 0 Å². The van der Waals surface area contributed by atoms with Crippen molar-refractivity contribution >= 4 is 11.6 Å². The Morgan fingerprint density at radius 2 is 2.06 bits per heavy atom. The number of nitrogens with one attached hydrogen (secondary N) is 1. The van der Waals surface area contributed by atoms with Crippen molar-refractivity contribution in [2.45, 2.75) is 32.2 Å². The average Bonchev–Trinajstić information content (AvgIpc) is 2.76. The Hall–Kier alpha value is -0.600. The topological polar surface area (TPSA) is 12.0 Å². The molecule has 0 spiro atoms. The SMILES string of the molecule is Fc1ccc(Cl)cc1CNCC1CCCC1. The van der Waals surface area contributed by atoms with Gasteiger partial charge in [0.1, 0.15) is 5.82 Å². The molecule has 1 aliphatic rings. The van der Waals surface area contributed by atoms with Crippen molar-refractivity contribution in [2.75, 3.05) is 6.54 Å². The monoisotopic (exact) mass is 241 g/mol. The zero-order valence-corrected chi connectivity index (χ0v) is 10.1. The highest BCUT2D eigenvalue weighted by molar-refractivity contribution is 6.30. The molecule has 1 nitrogen and oxygen atoms in total. The van der Waals surface area contributed by atoms with Gasteiger partial charge < -0.3 is 5.32 Å². The summed E-state index contributed by atoms with van der Waals surface area (Å²) in [6.45, 7) is 1.56. The van der Waals surface area contributed by atoms with Crippen LogP contribution in [0, 0.1) is 11.7 Å². The molecule has 3 heteroatoms. The Kier molecular flexibility index (Phi) is 4.19. The Morgan fingerprint density at radius 3 is 2.81 bits per heavy atom. The third kappa shape index (κ3) is 3.19. The van der Waals surface area contributed by atoms with Crippen LogP contribution in [0.15, 0.2) is 18.2 Å². The number of halogens is 2. The van der Waals surface area contributed by atoms with Gasteiger partial charge >= 0.3 is 0 Å². The predicted octanol–water partition coefficient (Wildman–Crippen LogP) is 3.76. The van der Waals surface area contributed by atoms with E-state index in [0.717, 1.165) is 12.5 Å². The smallest absolute Gasteiger partial charge is 0.127 e. The standard InChI is InChI=1S/C13H17ClFN/c14-12-5-6-13(15)11(7-12)9-16-8-10-3-1-2-4-10/h5-7,10,16H,1-4,8-9H2. The molecule has 1 N–H and O–H groups in total. The van der Waals surface area contributed by atoms with Crippen LogP contribution in [0.3, 0.4) is 0 Å². The number of hydrogen-bond acceptors (Lipinski definition) is 1. The summed E-state index contributed by atoms with van der Waals surface area (Å²) in [5.74, 6) is 0.602. The lowest BCUT2D eigenvalue weighted by molar-refractivity contribution is 0.483. The van der Waals surface area contributed by atoms with Crippen LogP contribution in [0.25, 0.3) is 0 Å². The van der Waals surface area contributed by atoms with Crippen LogP contribution in [-0.4, -0.2) is 6.54 Å². The lowest BCUT2D eigenvalue weighted by atomic mass is 10.1. The molecule has 0 radical (unpaired) electrons. The molecule has 1 saturated carbocycles. The molecule has 1 aromatic carbocycles. The van der Waals surface area contributed by atoms with E-state index >= 15 is 0 Å². The van der Waals surface area contributed by atoms with E-state index in [1.807, 2.05) is 0 Å². The molecule has 16 heavy (non-hydrogen) atoms. The molecular weight excluding hydrogens is 225 g/mol. The Balaban J connectivity index is 1.82. The zero-order chi connectivity index (χ0) is 11.4. The van der Waals surface area contributed by atoms with Gasteiger partial charge in [0.05, 0.1) is 0 Å². The van der Waals surface area contributed by atoms with Gasteiger partial charge in [0, 0.05) is 17.1 Å². The van der Waals surface area contributed by atoms with Gasteiger partial charge in [-0.3, -0.25) is 0 Å². The summed E-state index contributed by atoms with van der Waals surface area (Å²) in [5.41, 5.74) is 0.658. The van der Waals surface area contributed by atoms with Crippen LogP contribution in [0.1, 0.15) is 31.2 Å². The van der Waals surface area contributed by atoms with Gasteiger partial charge in [-0.15, -0.1) is 0 Å². The first-order valence-electron chi connectivity index (χ1n) is 5.90. The highest BCUT2D eigenvalue weighted by atomic mass is 35.5. The third-order valence-electron chi connectivity index (χ3n) is 3.23. The van der Waals surface area contributed by atoms with Crippen LogP contribution in [0.5, 0.6) is 0 Å². The van der Waals surface area contributed by atoms with Gasteiger partial charge in [0.15, 0.2) is 0 Å². The molecule has 0 heterocycles. The van der Waals surface area contributed by atoms with Crippen LogP contribution in [0.4, 0.5) is 4.39 Å². The normalized spacial score (nSPS) is 16.9. The van der Waals surface area contributed by atoms with Crippen LogP contribution in [0.2, 0.25) is 5.02 Å². The fourth-order valence-corrected chi connectivity index (χ4v) is 2.50. The first-order chi connectivity index (χ1) is 7.75. The fraction of sp³-hybridized carbons (Fsp3) is 0.538. The van der Waals surface area contributed by atoms with E-state index in [0.29, 0.717) is 17.1 Å². The summed E-state index contributed by atoms with van der Waals surface area (Å²) in [7, 11) is 0. The van der Waals surface area contributed by atoms with E-state index in [1.54, 1.807) is 12.1 Å². The summed E-state index contributed by atoms with van der Waals surface area (Å²) in [4.78, 5) is 0. The molecule has 0 aromatic heterocycles. The second kappa shape index (κ2) is 5.65. The maximum atomic E-state index is 13.4. The van der Waals surface area contributed by atoms with E-state index in [4.69, 9.17) is 11.6 Å². The minimum absolute atomic E-state index is 0.177. The lowest BCUT2D eigenvalue weighted by Gasteiger charge is -2.11. The van der Waals surface area contributed by atoms with E-state index in [-0.39, 0.29) is 5.82 Å². The Morgan fingerprint density at radius 1 is 1.31 bits per heavy atom. The van der Waals surface area contributed by atoms with Gasteiger partial charge in [0.25, 0.3) is 0 Å². The first-order valence-corrected chi connectivity index (χ1v) is 6.28. The van der Waals surface area contributed by atoms with E-state index < -0.39 is 0 Å². The van der Waals surface area contributed by atoms with Crippen molar-refractivity contribution < 1.29 is 4.39 Å². The van der Waals surface area contributed by atoms with Gasteiger partial charge in [-0.25, -0.2) is 4.39 Å². The van der Waals surface area contributed by atoms with Crippen molar-refractivity contribution in [1.82, 2.24) is 5.32 Å². The molecule has 0 bridgehead atoms. The van der Waals surface area contributed by atoms with Crippen LogP contribution < -0.4 is 5.32 Å².